The van der Waals surface area contributed by atoms with Crippen molar-refractivity contribution in [3.8, 4) is 0 Å². The third-order valence-corrected chi connectivity index (χ3v) is 4.33. The SMILES string of the molecule is CCCCCCSS(=O)(=O)S.O.O.[NaH].[NaH]. The van der Waals surface area contributed by atoms with Gasteiger partial charge in [-0.1, -0.05) is 26.2 Å². The maximum atomic E-state index is 10.5. The maximum absolute atomic E-state index is 10.5. The fourth-order valence-electron chi connectivity index (χ4n) is 0.693. The van der Waals surface area contributed by atoms with Crippen molar-refractivity contribution in [3.63, 3.8) is 0 Å². The number of rotatable bonds is 6. The molecule has 4 N–H and O–H groups in total. The van der Waals surface area contributed by atoms with E-state index in [0.29, 0.717) is 5.75 Å². The van der Waals surface area contributed by atoms with Gasteiger partial charge in [0.1, 0.15) is 0 Å². The van der Waals surface area contributed by atoms with Crippen molar-refractivity contribution in [2.45, 2.75) is 32.6 Å². The summed E-state index contributed by atoms with van der Waals surface area (Å²) >= 11 is 3.41. The minimum absolute atomic E-state index is 0. The molecule has 0 saturated carbocycles. The fraction of sp³-hybridized carbons (Fsp3) is 1.00. The second-order valence-electron chi connectivity index (χ2n) is 2.31. The first kappa shape index (κ1) is 30.5. The summed E-state index contributed by atoms with van der Waals surface area (Å²) in [7, 11) is -2.18. The summed E-state index contributed by atoms with van der Waals surface area (Å²) in [6.45, 7) is 2.13. The molecule has 0 fully saturated rings. The second-order valence-corrected chi connectivity index (χ2v) is 8.02. The van der Waals surface area contributed by atoms with Gasteiger partial charge in [-0.2, -0.15) is 0 Å². The zero-order chi connectivity index (χ0) is 8.74. The summed E-state index contributed by atoms with van der Waals surface area (Å²) in [6.07, 6.45) is 4.45. The fourth-order valence-corrected chi connectivity index (χ4v) is 2.88. The Kier molecular flexibility index (Phi) is 38.5. The summed E-state index contributed by atoms with van der Waals surface area (Å²) in [5.74, 6) is 0.672. The quantitative estimate of drug-likeness (QED) is 0.310. The van der Waals surface area contributed by atoms with Crippen LogP contribution >= 0.6 is 22.5 Å². The Hall–Kier alpha value is 2.57. The van der Waals surface area contributed by atoms with Crippen LogP contribution in [0.25, 0.3) is 0 Å². The van der Waals surface area contributed by atoms with Crippen LogP contribution in [0.5, 0.6) is 0 Å². The number of hydrogen-bond acceptors (Lipinski definition) is 3. The molecule has 0 spiro atoms. The molecule has 0 amide bonds. The van der Waals surface area contributed by atoms with Crippen molar-refractivity contribution in [2.24, 2.45) is 0 Å². The molecule has 0 bridgehead atoms. The molecule has 0 unspecified atom stereocenters. The van der Waals surface area contributed by atoms with Crippen LogP contribution in [0.2, 0.25) is 0 Å². The number of unbranched alkanes of at least 4 members (excludes halogenated alkanes) is 3. The first-order valence-electron chi connectivity index (χ1n) is 3.68. The average molecular weight is 298 g/mol. The Labute approximate surface area is 145 Å². The molecule has 0 aliphatic rings. The standard InChI is InChI=1S/C6H14O2S3.2Na.2H2O.2H/c1-2-3-4-5-6-10-11(7,8)9;;;;;;/h2-6H2,1H3,(H,7,8,9);;;2*1H2;;. The van der Waals surface area contributed by atoms with Crippen LogP contribution < -0.4 is 0 Å². The van der Waals surface area contributed by atoms with Gasteiger partial charge in [-0.3, -0.25) is 0 Å². The summed E-state index contributed by atoms with van der Waals surface area (Å²) in [6, 6.07) is 0. The molecule has 0 radical (unpaired) electrons. The van der Waals surface area contributed by atoms with Crippen molar-refractivity contribution < 1.29 is 19.4 Å². The Morgan fingerprint density at radius 1 is 1.07 bits per heavy atom. The van der Waals surface area contributed by atoms with Gasteiger partial charge in [-0.25, -0.2) is 8.42 Å². The second kappa shape index (κ2) is 18.9. The van der Waals surface area contributed by atoms with Gasteiger partial charge < -0.3 is 11.0 Å². The van der Waals surface area contributed by atoms with E-state index in [4.69, 9.17) is 0 Å². The molecule has 88 valence electrons. The van der Waals surface area contributed by atoms with E-state index in [9.17, 15) is 8.42 Å². The third kappa shape index (κ3) is 31.5. The van der Waals surface area contributed by atoms with Gasteiger partial charge in [0.25, 0.3) is 7.90 Å². The molecule has 0 aliphatic carbocycles. The van der Waals surface area contributed by atoms with Crippen molar-refractivity contribution in [1.82, 2.24) is 0 Å². The van der Waals surface area contributed by atoms with Gasteiger partial charge in [0.05, 0.1) is 0 Å². The first-order valence-corrected chi connectivity index (χ1v) is 7.72. The van der Waals surface area contributed by atoms with Crippen molar-refractivity contribution in [3.05, 3.63) is 0 Å². The number of hydrogen-bond donors (Lipinski definition) is 1. The predicted molar refractivity (Wildman–Crippen MR) is 76.0 cm³/mol. The Morgan fingerprint density at radius 2 is 1.53 bits per heavy atom. The van der Waals surface area contributed by atoms with E-state index in [1.807, 2.05) is 0 Å². The summed E-state index contributed by atoms with van der Waals surface area (Å²) < 4.78 is 21.0. The van der Waals surface area contributed by atoms with Crippen LogP contribution in [-0.4, -0.2) is 84.2 Å². The Balaban J connectivity index is -0.0000000833. The van der Waals surface area contributed by atoms with Crippen molar-refractivity contribution in [1.29, 1.82) is 0 Å². The molecule has 0 aliphatic heterocycles. The van der Waals surface area contributed by atoms with Crippen LogP contribution in [0.1, 0.15) is 32.6 Å². The van der Waals surface area contributed by atoms with Gasteiger partial charge in [-0.05, 0) is 28.9 Å². The molecule has 15 heavy (non-hydrogen) atoms. The Bertz CT molecular complexity index is 187. The van der Waals surface area contributed by atoms with Gasteiger partial charge in [0, 0.05) is 5.75 Å². The predicted octanol–water partition coefficient (Wildman–Crippen LogP) is -0.472. The third-order valence-electron chi connectivity index (χ3n) is 1.23. The van der Waals surface area contributed by atoms with E-state index in [1.54, 1.807) is 0 Å². The van der Waals surface area contributed by atoms with E-state index >= 15 is 0 Å². The molecule has 0 aromatic rings. The van der Waals surface area contributed by atoms with E-state index in [-0.39, 0.29) is 70.1 Å². The van der Waals surface area contributed by atoms with Crippen LogP contribution in [0.3, 0.4) is 0 Å². The molecule has 0 atom stereocenters. The molecule has 0 aromatic heterocycles. The Morgan fingerprint density at radius 3 is 1.87 bits per heavy atom. The number of thiol groups is 1. The van der Waals surface area contributed by atoms with Crippen molar-refractivity contribution in [2.75, 3.05) is 5.75 Å². The van der Waals surface area contributed by atoms with Crippen LogP contribution in [0, 0.1) is 0 Å². The molecule has 0 rings (SSSR count). The van der Waals surface area contributed by atoms with Gasteiger partial charge in [0.2, 0.25) is 0 Å². The van der Waals surface area contributed by atoms with E-state index in [2.05, 4.69) is 18.6 Å². The molecule has 0 heterocycles. The molecule has 9 heteroatoms. The molecular formula is C6H20Na2O4S3. The van der Waals surface area contributed by atoms with E-state index in [0.717, 1.165) is 23.6 Å². The van der Waals surface area contributed by atoms with E-state index < -0.39 is 7.90 Å². The molecule has 0 aromatic carbocycles. The minimum atomic E-state index is -3.10. The topological polar surface area (TPSA) is 97.1 Å². The normalized spacial score (nSPS) is 8.67. The summed E-state index contributed by atoms with van der Waals surface area (Å²) in [4.78, 5) is 0. The van der Waals surface area contributed by atoms with E-state index in [1.165, 1.54) is 12.8 Å². The monoisotopic (exact) mass is 298 g/mol. The van der Waals surface area contributed by atoms with Crippen LogP contribution in [0.4, 0.5) is 0 Å². The van der Waals surface area contributed by atoms with Gasteiger partial charge >= 0.3 is 59.1 Å². The van der Waals surface area contributed by atoms with Gasteiger partial charge in [-0.15, -0.1) is 0 Å². The summed E-state index contributed by atoms with van der Waals surface area (Å²) in [5, 5.41) is 0. The average Bonchev–Trinajstić information content (AvgIpc) is 1.85. The molecule has 0 saturated heterocycles. The summed E-state index contributed by atoms with van der Waals surface area (Å²) in [5.41, 5.74) is 0. The molecule has 4 nitrogen and oxygen atoms in total. The van der Waals surface area contributed by atoms with Crippen LogP contribution in [0.15, 0.2) is 0 Å². The van der Waals surface area contributed by atoms with Gasteiger partial charge in [0.15, 0.2) is 0 Å². The zero-order valence-electron chi connectivity index (χ0n) is 7.62. The van der Waals surface area contributed by atoms with Crippen molar-refractivity contribution >= 4 is 89.5 Å². The molecular weight excluding hydrogens is 278 g/mol. The zero-order valence-corrected chi connectivity index (χ0v) is 10.1. The first-order chi connectivity index (χ1) is 5.06. The van der Waals surface area contributed by atoms with Crippen LogP contribution in [-0.2, 0) is 7.90 Å².